The van der Waals surface area contributed by atoms with E-state index in [0.717, 1.165) is 5.56 Å². The van der Waals surface area contributed by atoms with Crippen LogP contribution in [0.1, 0.15) is 31.9 Å². The standard InChI is InChI=1S/C16H22O5/c1-5-21-15(20)16(14(18)19,11(3)12(4)17)13-8-6-10(2)7-9-13/h6-9,11-12,17H,5H2,1-4H3,(H,18,19). The first kappa shape index (κ1) is 17.2. The highest BCUT2D eigenvalue weighted by atomic mass is 16.5. The molecule has 1 aromatic carbocycles. The minimum atomic E-state index is -1.92. The van der Waals surface area contributed by atoms with E-state index in [4.69, 9.17) is 4.74 Å². The summed E-state index contributed by atoms with van der Waals surface area (Å²) < 4.78 is 4.99. The van der Waals surface area contributed by atoms with Gasteiger partial charge in [-0.15, -0.1) is 0 Å². The highest BCUT2D eigenvalue weighted by molar-refractivity contribution is 6.06. The molecule has 2 N–H and O–H groups in total. The molecular weight excluding hydrogens is 272 g/mol. The van der Waals surface area contributed by atoms with Gasteiger partial charge in [-0.2, -0.15) is 0 Å². The molecule has 0 spiro atoms. The predicted molar refractivity (Wildman–Crippen MR) is 78.0 cm³/mol. The smallest absolute Gasteiger partial charge is 0.328 e. The summed E-state index contributed by atoms with van der Waals surface area (Å²) in [5.74, 6) is -3.01. The summed E-state index contributed by atoms with van der Waals surface area (Å²) in [6.07, 6.45) is -0.980. The van der Waals surface area contributed by atoms with Crippen LogP contribution < -0.4 is 0 Å². The first-order valence-corrected chi connectivity index (χ1v) is 6.94. The number of aliphatic hydroxyl groups excluding tert-OH is 1. The Bertz CT molecular complexity index is 506. The molecule has 3 unspecified atom stereocenters. The van der Waals surface area contributed by atoms with E-state index in [1.165, 1.54) is 13.8 Å². The van der Waals surface area contributed by atoms with Crippen molar-refractivity contribution < 1.29 is 24.5 Å². The van der Waals surface area contributed by atoms with Crippen molar-refractivity contribution in [3.05, 3.63) is 35.4 Å². The SMILES string of the molecule is CCOC(=O)C(C(=O)O)(c1ccc(C)cc1)C(C)C(C)O. The largest absolute Gasteiger partial charge is 0.480 e. The number of aliphatic carboxylic acids is 1. The second-order valence-electron chi connectivity index (χ2n) is 5.23. The van der Waals surface area contributed by atoms with Crippen LogP contribution in [-0.2, 0) is 19.7 Å². The van der Waals surface area contributed by atoms with Crippen LogP contribution in [0.4, 0.5) is 0 Å². The Hall–Kier alpha value is -1.88. The second-order valence-corrected chi connectivity index (χ2v) is 5.23. The summed E-state index contributed by atoms with van der Waals surface area (Å²) >= 11 is 0. The topological polar surface area (TPSA) is 83.8 Å². The van der Waals surface area contributed by atoms with Gasteiger partial charge in [0.2, 0.25) is 0 Å². The Balaban J connectivity index is 3.54. The van der Waals surface area contributed by atoms with Crippen LogP contribution in [-0.4, -0.2) is 34.9 Å². The van der Waals surface area contributed by atoms with E-state index in [1.807, 2.05) is 6.92 Å². The number of carboxylic acid groups (broad SMARTS) is 1. The number of carbonyl (C=O) groups excluding carboxylic acids is 1. The summed E-state index contributed by atoms with van der Waals surface area (Å²) in [5, 5.41) is 19.6. The average molecular weight is 294 g/mol. The summed E-state index contributed by atoms with van der Waals surface area (Å²) in [6.45, 7) is 6.57. The fraction of sp³-hybridized carbons (Fsp3) is 0.500. The van der Waals surface area contributed by atoms with E-state index in [2.05, 4.69) is 0 Å². The fourth-order valence-corrected chi connectivity index (χ4v) is 2.40. The molecule has 0 saturated heterocycles. The predicted octanol–water partition coefficient (Wildman–Crippen LogP) is 1.90. The number of carboxylic acids is 1. The number of hydrogen-bond acceptors (Lipinski definition) is 4. The lowest BCUT2D eigenvalue weighted by Crippen LogP contribution is -2.53. The number of aryl methyl sites for hydroxylation is 1. The fourth-order valence-electron chi connectivity index (χ4n) is 2.40. The number of benzene rings is 1. The molecule has 0 aromatic heterocycles. The molecular formula is C16H22O5. The van der Waals surface area contributed by atoms with E-state index in [0.29, 0.717) is 5.56 Å². The van der Waals surface area contributed by atoms with Gasteiger partial charge in [0.15, 0.2) is 5.41 Å². The third-order valence-electron chi connectivity index (χ3n) is 3.85. The van der Waals surface area contributed by atoms with Crippen molar-refractivity contribution in [1.82, 2.24) is 0 Å². The molecule has 116 valence electrons. The molecule has 0 fully saturated rings. The summed E-state index contributed by atoms with van der Waals surface area (Å²) in [7, 11) is 0. The summed E-state index contributed by atoms with van der Waals surface area (Å²) in [5.41, 5.74) is -0.656. The highest BCUT2D eigenvalue weighted by Gasteiger charge is 2.55. The van der Waals surface area contributed by atoms with Crippen molar-refractivity contribution in [3.63, 3.8) is 0 Å². The molecule has 0 radical (unpaired) electrons. The van der Waals surface area contributed by atoms with Gasteiger partial charge < -0.3 is 14.9 Å². The zero-order valence-corrected chi connectivity index (χ0v) is 12.8. The minimum absolute atomic E-state index is 0.0756. The lowest BCUT2D eigenvalue weighted by atomic mass is 9.68. The minimum Gasteiger partial charge on any atom is -0.480 e. The number of hydrogen-bond donors (Lipinski definition) is 2. The van der Waals surface area contributed by atoms with Gasteiger partial charge in [-0.3, -0.25) is 9.59 Å². The van der Waals surface area contributed by atoms with Gasteiger partial charge in [0.25, 0.3) is 0 Å². The number of ether oxygens (including phenoxy) is 1. The van der Waals surface area contributed by atoms with Gasteiger partial charge in [0, 0.05) is 5.92 Å². The average Bonchev–Trinajstić information content (AvgIpc) is 2.41. The molecule has 1 aromatic rings. The summed E-state index contributed by atoms with van der Waals surface area (Å²) in [6, 6.07) is 6.67. The van der Waals surface area contributed by atoms with Gasteiger partial charge in [-0.25, -0.2) is 0 Å². The lowest BCUT2D eigenvalue weighted by molar-refractivity contribution is -0.167. The Morgan fingerprint density at radius 3 is 2.14 bits per heavy atom. The molecule has 5 heteroatoms. The van der Waals surface area contributed by atoms with Gasteiger partial charge in [0.1, 0.15) is 0 Å². The molecule has 0 aliphatic heterocycles. The Kier molecular flexibility index (Phi) is 5.49. The molecule has 1 rings (SSSR count). The maximum atomic E-state index is 12.4. The van der Waals surface area contributed by atoms with Crippen LogP contribution in [0, 0.1) is 12.8 Å². The van der Waals surface area contributed by atoms with Crippen LogP contribution in [0.3, 0.4) is 0 Å². The second kappa shape index (κ2) is 6.72. The Morgan fingerprint density at radius 2 is 1.76 bits per heavy atom. The van der Waals surface area contributed by atoms with Crippen molar-refractivity contribution in [3.8, 4) is 0 Å². The van der Waals surface area contributed by atoms with Gasteiger partial charge in [0.05, 0.1) is 12.7 Å². The zero-order chi connectivity index (χ0) is 16.2. The van der Waals surface area contributed by atoms with Gasteiger partial charge in [-0.05, 0) is 26.3 Å². The highest BCUT2D eigenvalue weighted by Crippen LogP contribution is 2.36. The van der Waals surface area contributed by atoms with Crippen LogP contribution in [0.5, 0.6) is 0 Å². The zero-order valence-electron chi connectivity index (χ0n) is 12.8. The first-order valence-electron chi connectivity index (χ1n) is 6.94. The normalized spacial score (nSPS) is 16.6. The van der Waals surface area contributed by atoms with E-state index in [-0.39, 0.29) is 6.61 Å². The van der Waals surface area contributed by atoms with Gasteiger partial charge >= 0.3 is 11.9 Å². The van der Waals surface area contributed by atoms with Crippen LogP contribution in [0.2, 0.25) is 0 Å². The molecule has 0 heterocycles. The van der Waals surface area contributed by atoms with E-state index in [1.54, 1.807) is 31.2 Å². The molecule has 0 bridgehead atoms. The maximum Gasteiger partial charge on any atom is 0.328 e. The number of rotatable bonds is 6. The lowest BCUT2D eigenvalue weighted by Gasteiger charge is -2.34. The molecule has 21 heavy (non-hydrogen) atoms. The Labute approximate surface area is 124 Å². The molecule has 3 atom stereocenters. The van der Waals surface area contributed by atoms with Crippen molar-refractivity contribution in [1.29, 1.82) is 0 Å². The number of carbonyl (C=O) groups is 2. The van der Waals surface area contributed by atoms with Crippen molar-refractivity contribution in [2.45, 2.75) is 39.2 Å². The van der Waals surface area contributed by atoms with Crippen molar-refractivity contribution in [2.24, 2.45) is 5.92 Å². The molecule has 0 aliphatic rings. The van der Waals surface area contributed by atoms with Crippen LogP contribution >= 0.6 is 0 Å². The quantitative estimate of drug-likeness (QED) is 0.618. The molecule has 5 nitrogen and oxygen atoms in total. The number of aliphatic hydroxyl groups is 1. The molecule has 0 amide bonds. The first-order chi connectivity index (χ1) is 9.78. The monoisotopic (exact) mass is 294 g/mol. The molecule has 0 saturated carbocycles. The maximum absolute atomic E-state index is 12.4. The van der Waals surface area contributed by atoms with E-state index < -0.39 is 29.4 Å². The van der Waals surface area contributed by atoms with Gasteiger partial charge in [-0.1, -0.05) is 36.8 Å². The third-order valence-corrected chi connectivity index (χ3v) is 3.85. The third kappa shape index (κ3) is 3.08. The molecule has 0 aliphatic carbocycles. The van der Waals surface area contributed by atoms with Crippen molar-refractivity contribution >= 4 is 11.9 Å². The van der Waals surface area contributed by atoms with E-state index >= 15 is 0 Å². The van der Waals surface area contributed by atoms with E-state index in [9.17, 15) is 19.8 Å². The Morgan fingerprint density at radius 1 is 1.24 bits per heavy atom. The van der Waals surface area contributed by atoms with Crippen molar-refractivity contribution in [2.75, 3.05) is 6.61 Å². The van der Waals surface area contributed by atoms with Crippen LogP contribution in [0.25, 0.3) is 0 Å². The van der Waals surface area contributed by atoms with Crippen LogP contribution in [0.15, 0.2) is 24.3 Å². The number of esters is 1. The summed E-state index contributed by atoms with van der Waals surface area (Å²) in [4.78, 5) is 24.4.